The second-order valence-corrected chi connectivity index (χ2v) is 4.20. The summed E-state index contributed by atoms with van der Waals surface area (Å²) in [4.78, 5) is 4.39. The number of rotatable bonds is 2. The smallest absolute Gasteiger partial charge is 0.0959 e. The fourth-order valence-electron chi connectivity index (χ4n) is 1.75. The van der Waals surface area contributed by atoms with Gasteiger partial charge in [0.2, 0.25) is 0 Å². The molecule has 0 amide bonds. The molecule has 0 aliphatic heterocycles. The molecule has 0 atom stereocenters. The van der Waals surface area contributed by atoms with Gasteiger partial charge < -0.3 is 0 Å². The largest absolute Gasteiger partial charge is 0.254 e. The Morgan fingerprint density at radius 2 is 2.06 bits per heavy atom. The fraction of sp³-hybridized carbons (Fsp3) is 0.0833. The van der Waals surface area contributed by atoms with Crippen LogP contribution < -0.4 is 0 Å². The molecular formula is C12H9BrN4. The quantitative estimate of drug-likeness (QED) is 0.681. The van der Waals surface area contributed by atoms with Crippen molar-refractivity contribution in [1.82, 2.24) is 20.0 Å². The van der Waals surface area contributed by atoms with Gasteiger partial charge in [0, 0.05) is 16.9 Å². The van der Waals surface area contributed by atoms with E-state index in [1.807, 2.05) is 36.5 Å². The fourth-order valence-corrected chi connectivity index (χ4v) is 2.01. The average Bonchev–Trinajstić information content (AvgIpc) is 2.87. The van der Waals surface area contributed by atoms with Gasteiger partial charge in [-0.1, -0.05) is 39.3 Å². The predicted molar refractivity (Wildman–Crippen MR) is 69.3 cm³/mol. The van der Waals surface area contributed by atoms with Crippen LogP contribution in [-0.4, -0.2) is 20.0 Å². The number of para-hydroxylation sites is 1. The summed E-state index contributed by atoms with van der Waals surface area (Å²) in [7, 11) is 0. The molecule has 2 heterocycles. The van der Waals surface area contributed by atoms with Crippen LogP contribution in [0.5, 0.6) is 0 Å². The van der Waals surface area contributed by atoms with Crippen LogP contribution in [0.3, 0.4) is 0 Å². The number of nitrogens with zero attached hydrogens (tertiary/aromatic N) is 4. The minimum atomic E-state index is 0.700. The Bertz CT molecular complexity index is 657. The third-order valence-corrected chi connectivity index (χ3v) is 3.11. The van der Waals surface area contributed by atoms with Crippen molar-refractivity contribution in [3.8, 4) is 5.69 Å². The van der Waals surface area contributed by atoms with E-state index in [-0.39, 0.29) is 0 Å². The van der Waals surface area contributed by atoms with E-state index in [2.05, 4.69) is 31.2 Å². The molecule has 0 aliphatic rings. The summed E-state index contributed by atoms with van der Waals surface area (Å²) in [6, 6.07) is 9.98. The van der Waals surface area contributed by atoms with Crippen molar-refractivity contribution < 1.29 is 0 Å². The molecule has 1 aromatic carbocycles. The van der Waals surface area contributed by atoms with E-state index in [0.29, 0.717) is 5.33 Å². The summed E-state index contributed by atoms with van der Waals surface area (Å²) in [5.41, 5.74) is 2.78. The van der Waals surface area contributed by atoms with Crippen LogP contribution in [-0.2, 0) is 5.33 Å². The minimum Gasteiger partial charge on any atom is -0.254 e. The van der Waals surface area contributed by atoms with Gasteiger partial charge in [0.15, 0.2) is 0 Å². The lowest BCUT2D eigenvalue weighted by Crippen LogP contribution is -1.97. The molecule has 17 heavy (non-hydrogen) atoms. The summed E-state index contributed by atoms with van der Waals surface area (Å²) in [5, 5.41) is 9.96. The topological polar surface area (TPSA) is 43.6 Å². The highest BCUT2D eigenvalue weighted by Gasteiger charge is 2.06. The molecule has 84 valence electrons. The van der Waals surface area contributed by atoms with Crippen molar-refractivity contribution in [1.29, 1.82) is 0 Å². The molecular weight excluding hydrogens is 280 g/mol. The second-order valence-electron chi connectivity index (χ2n) is 3.64. The SMILES string of the molecule is BrCc1cn(-c2cccc3cccnc23)nn1. The maximum Gasteiger partial charge on any atom is 0.0959 e. The van der Waals surface area contributed by atoms with Gasteiger partial charge in [0.1, 0.15) is 0 Å². The zero-order valence-corrected chi connectivity index (χ0v) is 10.5. The highest BCUT2D eigenvalue weighted by Crippen LogP contribution is 2.19. The van der Waals surface area contributed by atoms with Crippen molar-refractivity contribution in [2.45, 2.75) is 5.33 Å². The van der Waals surface area contributed by atoms with Crippen molar-refractivity contribution >= 4 is 26.8 Å². The van der Waals surface area contributed by atoms with Crippen molar-refractivity contribution in [2.75, 3.05) is 0 Å². The number of halogens is 1. The molecule has 4 nitrogen and oxygen atoms in total. The highest BCUT2D eigenvalue weighted by molar-refractivity contribution is 9.08. The first kappa shape index (κ1) is 10.4. The molecule has 0 radical (unpaired) electrons. The Labute approximate surface area is 106 Å². The van der Waals surface area contributed by atoms with Gasteiger partial charge in [-0.25, -0.2) is 4.68 Å². The number of aromatic nitrogens is 4. The van der Waals surface area contributed by atoms with E-state index in [1.165, 1.54) is 0 Å². The van der Waals surface area contributed by atoms with Crippen LogP contribution in [0.1, 0.15) is 5.69 Å². The maximum absolute atomic E-state index is 4.39. The normalized spacial score (nSPS) is 10.9. The number of hydrogen-bond acceptors (Lipinski definition) is 3. The summed E-state index contributed by atoms with van der Waals surface area (Å²) in [5.74, 6) is 0. The Morgan fingerprint density at radius 3 is 2.88 bits per heavy atom. The molecule has 2 aromatic heterocycles. The van der Waals surface area contributed by atoms with Gasteiger partial charge in [-0.15, -0.1) is 5.10 Å². The van der Waals surface area contributed by atoms with Crippen molar-refractivity contribution in [2.24, 2.45) is 0 Å². The third-order valence-electron chi connectivity index (χ3n) is 2.54. The number of hydrogen-bond donors (Lipinski definition) is 0. The first-order valence-corrected chi connectivity index (χ1v) is 6.32. The molecule has 3 rings (SSSR count). The van der Waals surface area contributed by atoms with E-state index < -0.39 is 0 Å². The highest BCUT2D eigenvalue weighted by atomic mass is 79.9. The van der Waals surface area contributed by atoms with Crippen LogP contribution in [0.2, 0.25) is 0 Å². The molecule has 0 spiro atoms. The number of alkyl halides is 1. The Balaban J connectivity index is 2.23. The zero-order valence-electron chi connectivity index (χ0n) is 8.92. The number of benzene rings is 1. The van der Waals surface area contributed by atoms with Gasteiger partial charge in [-0.05, 0) is 12.1 Å². The van der Waals surface area contributed by atoms with Gasteiger partial charge in [-0.2, -0.15) is 0 Å². The van der Waals surface area contributed by atoms with Crippen LogP contribution in [0.15, 0.2) is 42.7 Å². The Kier molecular flexibility index (Phi) is 2.60. The van der Waals surface area contributed by atoms with Gasteiger partial charge in [-0.3, -0.25) is 4.98 Å². The monoisotopic (exact) mass is 288 g/mol. The standard InChI is InChI=1S/C12H9BrN4/c13-7-10-8-17(16-15-10)11-5-1-3-9-4-2-6-14-12(9)11/h1-6,8H,7H2. The lowest BCUT2D eigenvalue weighted by Gasteiger charge is -2.03. The maximum atomic E-state index is 4.39. The molecule has 0 unspecified atom stereocenters. The van der Waals surface area contributed by atoms with Gasteiger partial charge in [0.25, 0.3) is 0 Å². The van der Waals surface area contributed by atoms with E-state index >= 15 is 0 Å². The van der Waals surface area contributed by atoms with Crippen molar-refractivity contribution in [3.63, 3.8) is 0 Å². The second kappa shape index (κ2) is 4.25. The summed E-state index contributed by atoms with van der Waals surface area (Å²) >= 11 is 3.36. The molecule has 3 aromatic rings. The van der Waals surface area contributed by atoms with E-state index in [0.717, 1.165) is 22.3 Å². The van der Waals surface area contributed by atoms with Crippen LogP contribution >= 0.6 is 15.9 Å². The lowest BCUT2D eigenvalue weighted by atomic mass is 10.2. The van der Waals surface area contributed by atoms with Gasteiger partial charge in [0.05, 0.1) is 23.1 Å². The van der Waals surface area contributed by atoms with Crippen LogP contribution in [0, 0.1) is 0 Å². The lowest BCUT2D eigenvalue weighted by molar-refractivity contribution is 0.803. The molecule has 0 saturated heterocycles. The molecule has 5 heteroatoms. The summed E-state index contributed by atoms with van der Waals surface area (Å²) in [6.07, 6.45) is 3.69. The van der Waals surface area contributed by atoms with E-state index in [4.69, 9.17) is 0 Å². The molecule has 0 saturated carbocycles. The molecule has 0 aliphatic carbocycles. The first-order chi connectivity index (χ1) is 8.38. The van der Waals surface area contributed by atoms with Crippen LogP contribution in [0.4, 0.5) is 0 Å². The Hall–Kier alpha value is -1.75. The summed E-state index contributed by atoms with van der Waals surface area (Å²) < 4.78 is 1.76. The predicted octanol–water partition coefficient (Wildman–Crippen LogP) is 2.71. The molecule has 0 fully saturated rings. The number of pyridine rings is 1. The third kappa shape index (κ3) is 1.82. The van der Waals surface area contributed by atoms with E-state index in [9.17, 15) is 0 Å². The average molecular weight is 289 g/mol. The molecule has 0 bridgehead atoms. The minimum absolute atomic E-state index is 0.700. The zero-order chi connectivity index (χ0) is 11.7. The summed E-state index contributed by atoms with van der Waals surface area (Å²) in [6.45, 7) is 0. The number of fused-ring (bicyclic) bond motifs is 1. The molecule has 0 N–H and O–H groups in total. The van der Waals surface area contributed by atoms with Gasteiger partial charge >= 0.3 is 0 Å². The van der Waals surface area contributed by atoms with Crippen LogP contribution in [0.25, 0.3) is 16.6 Å². The first-order valence-electron chi connectivity index (χ1n) is 5.20. The van der Waals surface area contributed by atoms with E-state index in [1.54, 1.807) is 10.9 Å². The Morgan fingerprint density at radius 1 is 1.18 bits per heavy atom. The van der Waals surface area contributed by atoms with Crippen molar-refractivity contribution in [3.05, 3.63) is 48.4 Å².